The molecule has 1 unspecified atom stereocenters. The van der Waals surface area contributed by atoms with Gasteiger partial charge in [-0.3, -0.25) is 18.7 Å². The van der Waals surface area contributed by atoms with Gasteiger partial charge in [0.05, 0.1) is 5.39 Å². The highest BCUT2D eigenvalue weighted by atomic mass is 16.2. The van der Waals surface area contributed by atoms with Crippen LogP contribution >= 0.6 is 0 Å². The molecule has 0 radical (unpaired) electrons. The fraction of sp³-hybridized carbons (Fsp3) is 0.467. The van der Waals surface area contributed by atoms with Gasteiger partial charge < -0.3 is 10.6 Å². The Morgan fingerprint density at radius 2 is 2.00 bits per heavy atom. The molecule has 1 aliphatic heterocycles. The van der Waals surface area contributed by atoms with E-state index < -0.39 is 11.2 Å². The molecule has 1 amide bonds. The van der Waals surface area contributed by atoms with E-state index in [0.717, 1.165) is 11.0 Å². The molecule has 2 aromatic heterocycles. The third-order valence-corrected chi connectivity index (χ3v) is 4.34. The van der Waals surface area contributed by atoms with Gasteiger partial charge in [0.15, 0.2) is 0 Å². The standard InChI is InChI=1S/C15H19N5O3/c1-8-6-10(13(21)20-5-4-9(16)7-20)17-12-11(8)14(22)19(3)15(23)18(12)2/h6,9H,4-5,7,16H2,1-3H3. The molecule has 8 heteroatoms. The number of pyridine rings is 1. The summed E-state index contributed by atoms with van der Waals surface area (Å²) in [5.74, 6) is -0.226. The Kier molecular flexibility index (Phi) is 3.56. The van der Waals surface area contributed by atoms with Gasteiger partial charge in [-0.05, 0) is 25.0 Å². The lowest BCUT2D eigenvalue weighted by atomic mass is 10.1. The monoisotopic (exact) mass is 317 g/mol. The fourth-order valence-electron chi connectivity index (χ4n) is 2.98. The van der Waals surface area contributed by atoms with Gasteiger partial charge in [0.25, 0.3) is 11.5 Å². The Labute approximate surface area is 132 Å². The van der Waals surface area contributed by atoms with E-state index in [2.05, 4.69) is 4.98 Å². The van der Waals surface area contributed by atoms with Gasteiger partial charge in [-0.15, -0.1) is 0 Å². The maximum absolute atomic E-state index is 12.6. The molecule has 0 bridgehead atoms. The maximum atomic E-state index is 12.6. The zero-order valence-electron chi connectivity index (χ0n) is 13.4. The van der Waals surface area contributed by atoms with Gasteiger partial charge in [0, 0.05) is 33.2 Å². The van der Waals surface area contributed by atoms with E-state index in [-0.39, 0.29) is 23.3 Å². The topological polar surface area (TPSA) is 103 Å². The number of aromatic nitrogens is 3. The number of fused-ring (bicyclic) bond motifs is 1. The molecule has 1 saturated heterocycles. The molecule has 3 heterocycles. The van der Waals surface area contributed by atoms with Gasteiger partial charge in [0.2, 0.25) is 0 Å². The highest BCUT2D eigenvalue weighted by Crippen LogP contribution is 2.16. The molecule has 0 spiro atoms. The van der Waals surface area contributed by atoms with Gasteiger partial charge in [-0.2, -0.15) is 0 Å². The summed E-state index contributed by atoms with van der Waals surface area (Å²) in [6.07, 6.45) is 0.761. The number of amides is 1. The van der Waals surface area contributed by atoms with E-state index in [1.807, 2.05) is 0 Å². The normalized spacial score (nSPS) is 17.9. The number of hydrogen-bond acceptors (Lipinski definition) is 5. The minimum absolute atomic E-state index is 0.0165. The summed E-state index contributed by atoms with van der Waals surface area (Å²) >= 11 is 0. The molecule has 1 atom stereocenters. The molecule has 2 aromatic rings. The molecule has 1 fully saturated rings. The van der Waals surface area contributed by atoms with E-state index in [1.165, 1.54) is 18.7 Å². The van der Waals surface area contributed by atoms with Crippen LogP contribution in [0.5, 0.6) is 0 Å². The Bertz CT molecular complexity index is 927. The summed E-state index contributed by atoms with van der Waals surface area (Å²) in [7, 11) is 2.96. The van der Waals surface area contributed by atoms with Crippen LogP contribution in [0.4, 0.5) is 0 Å². The van der Waals surface area contributed by atoms with Gasteiger partial charge in [0.1, 0.15) is 11.3 Å². The van der Waals surface area contributed by atoms with Crippen LogP contribution in [0.2, 0.25) is 0 Å². The third-order valence-electron chi connectivity index (χ3n) is 4.34. The van der Waals surface area contributed by atoms with Gasteiger partial charge in [-0.25, -0.2) is 9.78 Å². The van der Waals surface area contributed by atoms with Crippen LogP contribution < -0.4 is 17.0 Å². The number of likely N-dealkylation sites (tertiary alicyclic amines) is 1. The van der Waals surface area contributed by atoms with Crippen molar-refractivity contribution in [1.29, 1.82) is 0 Å². The van der Waals surface area contributed by atoms with E-state index in [9.17, 15) is 14.4 Å². The second-order valence-corrected chi connectivity index (χ2v) is 6.03. The highest BCUT2D eigenvalue weighted by Gasteiger charge is 2.26. The van der Waals surface area contributed by atoms with Crippen LogP contribution in [0.15, 0.2) is 15.7 Å². The summed E-state index contributed by atoms with van der Waals surface area (Å²) in [6, 6.07) is 1.58. The Morgan fingerprint density at radius 1 is 1.30 bits per heavy atom. The first-order chi connectivity index (χ1) is 10.8. The minimum Gasteiger partial charge on any atom is -0.336 e. The number of nitrogens with zero attached hydrogens (tertiary/aromatic N) is 4. The largest absolute Gasteiger partial charge is 0.336 e. The first kappa shape index (κ1) is 15.4. The molecular weight excluding hydrogens is 298 g/mol. The number of aryl methyl sites for hydroxylation is 2. The predicted octanol–water partition coefficient (Wildman–Crippen LogP) is -0.886. The third kappa shape index (κ3) is 2.35. The molecule has 8 nitrogen and oxygen atoms in total. The van der Waals surface area contributed by atoms with E-state index in [4.69, 9.17) is 5.73 Å². The quantitative estimate of drug-likeness (QED) is 0.735. The van der Waals surface area contributed by atoms with E-state index in [0.29, 0.717) is 24.0 Å². The SMILES string of the molecule is Cc1cc(C(=O)N2CCC(N)C2)nc2c1c(=O)n(C)c(=O)n2C. The van der Waals surface area contributed by atoms with E-state index in [1.54, 1.807) is 17.9 Å². The van der Waals surface area contributed by atoms with Crippen molar-refractivity contribution in [3.05, 3.63) is 38.2 Å². The zero-order valence-corrected chi connectivity index (χ0v) is 13.4. The first-order valence-corrected chi connectivity index (χ1v) is 7.43. The minimum atomic E-state index is -0.470. The second-order valence-electron chi connectivity index (χ2n) is 6.03. The molecule has 0 aromatic carbocycles. The molecule has 1 aliphatic rings. The van der Waals surface area contributed by atoms with Crippen molar-refractivity contribution in [1.82, 2.24) is 19.0 Å². The fourth-order valence-corrected chi connectivity index (χ4v) is 2.98. The summed E-state index contributed by atoms with van der Waals surface area (Å²) in [5.41, 5.74) is 6.04. The average Bonchev–Trinajstić information content (AvgIpc) is 2.95. The van der Waals surface area contributed by atoms with Gasteiger partial charge in [-0.1, -0.05) is 0 Å². The lowest BCUT2D eigenvalue weighted by molar-refractivity contribution is 0.0785. The van der Waals surface area contributed by atoms with Crippen LogP contribution in [0, 0.1) is 6.92 Å². The van der Waals surface area contributed by atoms with Crippen LogP contribution in [0.1, 0.15) is 22.5 Å². The van der Waals surface area contributed by atoms with Gasteiger partial charge >= 0.3 is 5.69 Å². The van der Waals surface area contributed by atoms with Crippen LogP contribution in [0.3, 0.4) is 0 Å². The van der Waals surface area contributed by atoms with E-state index >= 15 is 0 Å². The van der Waals surface area contributed by atoms with Crippen LogP contribution in [-0.4, -0.2) is 44.1 Å². The van der Waals surface area contributed by atoms with Crippen molar-refractivity contribution < 1.29 is 4.79 Å². The maximum Gasteiger partial charge on any atom is 0.332 e. The number of carbonyl (C=O) groups is 1. The second kappa shape index (κ2) is 5.31. The molecule has 122 valence electrons. The number of hydrogen-bond donors (Lipinski definition) is 1. The smallest absolute Gasteiger partial charge is 0.332 e. The number of rotatable bonds is 1. The predicted molar refractivity (Wildman–Crippen MR) is 85.5 cm³/mol. The van der Waals surface area contributed by atoms with Crippen molar-refractivity contribution in [2.45, 2.75) is 19.4 Å². The molecule has 0 saturated carbocycles. The Hall–Kier alpha value is -2.48. The van der Waals surface area contributed by atoms with Crippen molar-refractivity contribution in [2.24, 2.45) is 19.8 Å². The number of carbonyl (C=O) groups excluding carboxylic acids is 1. The molecule has 0 aliphatic carbocycles. The summed E-state index contributed by atoms with van der Waals surface area (Å²) < 4.78 is 2.33. The molecular formula is C15H19N5O3. The molecule has 3 rings (SSSR count). The van der Waals surface area contributed by atoms with Crippen LogP contribution in [0.25, 0.3) is 11.0 Å². The van der Waals surface area contributed by atoms with Crippen LogP contribution in [-0.2, 0) is 14.1 Å². The summed E-state index contributed by atoms with van der Waals surface area (Å²) in [5, 5.41) is 0.351. The highest BCUT2D eigenvalue weighted by molar-refractivity contribution is 5.95. The van der Waals surface area contributed by atoms with Crippen molar-refractivity contribution >= 4 is 16.9 Å². The summed E-state index contributed by atoms with van der Waals surface area (Å²) in [4.78, 5) is 42.9. The average molecular weight is 317 g/mol. The first-order valence-electron chi connectivity index (χ1n) is 7.43. The molecule has 23 heavy (non-hydrogen) atoms. The van der Waals surface area contributed by atoms with Crippen molar-refractivity contribution in [3.63, 3.8) is 0 Å². The lowest BCUT2D eigenvalue weighted by Gasteiger charge is -2.16. The molecule has 2 N–H and O–H groups in total. The summed E-state index contributed by atoms with van der Waals surface area (Å²) in [6.45, 7) is 2.82. The zero-order chi connectivity index (χ0) is 16.9. The lowest BCUT2D eigenvalue weighted by Crippen LogP contribution is -2.38. The number of nitrogens with two attached hydrogens (primary N) is 1. The van der Waals surface area contributed by atoms with Crippen molar-refractivity contribution in [2.75, 3.05) is 13.1 Å². The van der Waals surface area contributed by atoms with Crippen molar-refractivity contribution in [3.8, 4) is 0 Å². The Morgan fingerprint density at radius 3 is 2.61 bits per heavy atom. The Balaban J connectivity index is 2.20.